The summed E-state index contributed by atoms with van der Waals surface area (Å²) in [6, 6.07) is 21.0. The predicted octanol–water partition coefficient (Wildman–Crippen LogP) is 4.97. The van der Waals surface area contributed by atoms with Gasteiger partial charge in [0.05, 0.1) is 5.56 Å². The first kappa shape index (κ1) is 16.7. The third-order valence-electron chi connectivity index (χ3n) is 3.82. The molecule has 0 heterocycles. The van der Waals surface area contributed by atoms with E-state index in [1.54, 1.807) is 24.3 Å². The van der Waals surface area contributed by atoms with Crippen LogP contribution in [0.15, 0.2) is 72.8 Å². The molecule has 0 atom stereocenters. The third kappa shape index (κ3) is 4.23. The Morgan fingerprint density at radius 1 is 1.00 bits per heavy atom. The Hall–Kier alpha value is -3.14. The third-order valence-corrected chi connectivity index (χ3v) is 3.82. The number of para-hydroxylation sites is 1. The van der Waals surface area contributed by atoms with Gasteiger partial charge in [-0.1, -0.05) is 48.5 Å². The summed E-state index contributed by atoms with van der Waals surface area (Å²) in [7, 11) is 0. The van der Waals surface area contributed by atoms with Crippen molar-refractivity contribution >= 4 is 11.6 Å². The molecular weight excluding hydrogens is 317 g/mol. The second kappa shape index (κ2) is 7.62. The first-order valence-corrected chi connectivity index (χ1v) is 7.97. The summed E-state index contributed by atoms with van der Waals surface area (Å²) in [6.07, 6.45) is 0. The van der Waals surface area contributed by atoms with Crippen LogP contribution in [0.2, 0.25) is 0 Å². The van der Waals surface area contributed by atoms with E-state index in [4.69, 9.17) is 4.74 Å². The van der Waals surface area contributed by atoms with Gasteiger partial charge in [0.1, 0.15) is 18.2 Å². The van der Waals surface area contributed by atoms with Gasteiger partial charge < -0.3 is 10.1 Å². The standard InChI is InChI=1S/C21H18FNO2/c1-15-11-12-17(22)13-19(15)23-21(24)18-9-5-6-10-20(18)25-14-16-7-3-2-4-8-16/h2-13H,14H2,1H3,(H,23,24). The molecule has 0 aliphatic rings. The minimum Gasteiger partial charge on any atom is -0.488 e. The highest BCUT2D eigenvalue weighted by atomic mass is 19.1. The maximum Gasteiger partial charge on any atom is 0.259 e. The average Bonchev–Trinajstić information content (AvgIpc) is 2.64. The van der Waals surface area contributed by atoms with Crippen LogP contribution in [-0.2, 0) is 6.61 Å². The molecule has 0 saturated heterocycles. The fourth-order valence-electron chi connectivity index (χ4n) is 2.43. The highest BCUT2D eigenvalue weighted by Gasteiger charge is 2.14. The number of carbonyl (C=O) groups is 1. The van der Waals surface area contributed by atoms with Crippen molar-refractivity contribution < 1.29 is 13.9 Å². The number of nitrogens with one attached hydrogen (secondary N) is 1. The zero-order chi connectivity index (χ0) is 17.6. The molecule has 0 radical (unpaired) electrons. The maximum absolute atomic E-state index is 13.4. The molecule has 0 unspecified atom stereocenters. The number of anilines is 1. The number of hydrogen-bond donors (Lipinski definition) is 1. The summed E-state index contributed by atoms with van der Waals surface area (Å²) in [5.41, 5.74) is 2.65. The Balaban J connectivity index is 1.77. The summed E-state index contributed by atoms with van der Waals surface area (Å²) in [5.74, 6) is -0.246. The second-order valence-electron chi connectivity index (χ2n) is 5.68. The Kier molecular flexibility index (Phi) is 5.09. The fourth-order valence-corrected chi connectivity index (χ4v) is 2.43. The molecule has 0 bridgehead atoms. The molecule has 1 N–H and O–H groups in total. The van der Waals surface area contributed by atoms with Crippen molar-refractivity contribution in [2.24, 2.45) is 0 Å². The topological polar surface area (TPSA) is 38.3 Å². The molecule has 0 spiro atoms. The number of rotatable bonds is 5. The molecule has 3 rings (SSSR count). The summed E-state index contributed by atoms with van der Waals surface area (Å²) in [6.45, 7) is 2.18. The number of aryl methyl sites for hydroxylation is 1. The van der Waals surface area contributed by atoms with Crippen LogP contribution >= 0.6 is 0 Å². The van der Waals surface area contributed by atoms with Gasteiger partial charge >= 0.3 is 0 Å². The van der Waals surface area contributed by atoms with Gasteiger partial charge in [-0.25, -0.2) is 4.39 Å². The molecule has 3 aromatic carbocycles. The molecule has 4 heteroatoms. The molecule has 0 fully saturated rings. The van der Waals surface area contributed by atoms with Gasteiger partial charge in [0.2, 0.25) is 0 Å². The highest BCUT2D eigenvalue weighted by Crippen LogP contribution is 2.22. The second-order valence-corrected chi connectivity index (χ2v) is 5.68. The Morgan fingerprint density at radius 3 is 2.52 bits per heavy atom. The van der Waals surface area contributed by atoms with E-state index >= 15 is 0 Å². The van der Waals surface area contributed by atoms with Gasteiger partial charge in [-0.2, -0.15) is 0 Å². The van der Waals surface area contributed by atoms with E-state index in [-0.39, 0.29) is 5.91 Å². The van der Waals surface area contributed by atoms with Gasteiger partial charge in [-0.3, -0.25) is 4.79 Å². The molecule has 25 heavy (non-hydrogen) atoms. The lowest BCUT2D eigenvalue weighted by atomic mass is 10.1. The van der Waals surface area contributed by atoms with Gasteiger partial charge in [0.25, 0.3) is 5.91 Å². The van der Waals surface area contributed by atoms with Crippen LogP contribution < -0.4 is 10.1 Å². The van der Waals surface area contributed by atoms with Gasteiger partial charge in [-0.15, -0.1) is 0 Å². The maximum atomic E-state index is 13.4. The van der Waals surface area contributed by atoms with E-state index in [1.807, 2.05) is 43.3 Å². The fraction of sp³-hybridized carbons (Fsp3) is 0.0952. The smallest absolute Gasteiger partial charge is 0.259 e. The number of hydrogen-bond acceptors (Lipinski definition) is 2. The van der Waals surface area contributed by atoms with Crippen molar-refractivity contribution in [2.75, 3.05) is 5.32 Å². The molecule has 0 saturated carbocycles. The van der Waals surface area contributed by atoms with Crippen molar-refractivity contribution in [1.82, 2.24) is 0 Å². The Bertz CT molecular complexity index is 878. The number of carbonyl (C=O) groups excluding carboxylic acids is 1. The van der Waals surface area contributed by atoms with Gasteiger partial charge in [0.15, 0.2) is 0 Å². The molecule has 126 valence electrons. The zero-order valence-electron chi connectivity index (χ0n) is 13.8. The summed E-state index contributed by atoms with van der Waals surface area (Å²) in [5, 5.41) is 2.75. The lowest BCUT2D eigenvalue weighted by Gasteiger charge is -2.13. The molecule has 0 aliphatic carbocycles. The average molecular weight is 335 g/mol. The van der Waals surface area contributed by atoms with Crippen molar-refractivity contribution in [1.29, 1.82) is 0 Å². The molecule has 1 amide bonds. The zero-order valence-corrected chi connectivity index (χ0v) is 13.8. The largest absolute Gasteiger partial charge is 0.488 e. The SMILES string of the molecule is Cc1ccc(F)cc1NC(=O)c1ccccc1OCc1ccccc1. The van der Waals surface area contributed by atoms with Crippen LogP contribution in [-0.4, -0.2) is 5.91 Å². The van der Waals surface area contributed by atoms with Gasteiger partial charge in [0, 0.05) is 5.69 Å². The minimum absolute atomic E-state index is 0.336. The van der Waals surface area contributed by atoms with Crippen molar-refractivity contribution in [3.05, 3.63) is 95.3 Å². The Morgan fingerprint density at radius 2 is 1.72 bits per heavy atom. The molecule has 3 nitrogen and oxygen atoms in total. The number of amides is 1. The number of ether oxygens (including phenoxy) is 1. The lowest BCUT2D eigenvalue weighted by molar-refractivity contribution is 0.102. The van der Waals surface area contributed by atoms with E-state index in [0.29, 0.717) is 23.6 Å². The quantitative estimate of drug-likeness (QED) is 0.715. The van der Waals surface area contributed by atoms with E-state index in [0.717, 1.165) is 11.1 Å². The first-order valence-electron chi connectivity index (χ1n) is 7.97. The number of benzene rings is 3. The van der Waals surface area contributed by atoms with Crippen molar-refractivity contribution in [3.8, 4) is 5.75 Å². The normalized spacial score (nSPS) is 10.3. The Labute approximate surface area is 146 Å². The molecule has 0 aliphatic heterocycles. The first-order chi connectivity index (χ1) is 12.1. The van der Waals surface area contributed by atoms with E-state index in [9.17, 15) is 9.18 Å². The van der Waals surface area contributed by atoms with Crippen molar-refractivity contribution in [3.63, 3.8) is 0 Å². The molecular formula is C21H18FNO2. The van der Waals surface area contributed by atoms with E-state index in [1.165, 1.54) is 12.1 Å². The highest BCUT2D eigenvalue weighted by molar-refractivity contribution is 6.06. The summed E-state index contributed by atoms with van der Waals surface area (Å²) >= 11 is 0. The van der Waals surface area contributed by atoms with Crippen LogP contribution in [0.4, 0.5) is 10.1 Å². The summed E-state index contributed by atoms with van der Waals surface area (Å²) in [4.78, 5) is 12.6. The molecule has 3 aromatic rings. The number of halogens is 1. The van der Waals surface area contributed by atoms with E-state index < -0.39 is 5.82 Å². The monoisotopic (exact) mass is 335 g/mol. The van der Waals surface area contributed by atoms with E-state index in [2.05, 4.69) is 5.32 Å². The molecule has 0 aromatic heterocycles. The van der Waals surface area contributed by atoms with Crippen LogP contribution in [0.25, 0.3) is 0 Å². The minimum atomic E-state index is -0.394. The van der Waals surface area contributed by atoms with Crippen molar-refractivity contribution in [2.45, 2.75) is 13.5 Å². The van der Waals surface area contributed by atoms with Gasteiger partial charge in [-0.05, 0) is 42.3 Å². The predicted molar refractivity (Wildman–Crippen MR) is 96.3 cm³/mol. The van der Waals surface area contributed by atoms with Crippen LogP contribution in [0, 0.1) is 12.7 Å². The lowest BCUT2D eigenvalue weighted by Crippen LogP contribution is -2.14. The van der Waals surface area contributed by atoms with Crippen LogP contribution in [0.1, 0.15) is 21.5 Å². The summed E-state index contributed by atoms with van der Waals surface area (Å²) < 4.78 is 19.2. The van der Waals surface area contributed by atoms with Crippen LogP contribution in [0.3, 0.4) is 0 Å². The van der Waals surface area contributed by atoms with Crippen LogP contribution in [0.5, 0.6) is 5.75 Å².